The molecule has 2 aromatic rings. The molecule has 1 atom stereocenters. The Kier molecular flexibility index (Phi) is 10.2. The van der Waals surface area contributed by atoms with E-state index >= 15 is 0 Å². The second kappa shape index (κ2) is 11.3. The Labute approximate surface area is 185 Å². The van der Waals surface area contributed by atoms with Gasteiger partial charge >= 0.3 is 5.97 Å². The fourth-order valence-electron chi connectivity index (χ4n) is 2.17. The number of benzene rings is 1. The van der Waals surface area contributed by atoms with Gasteiger partial charge in [-0.05, 0) is 37.7 Å². The third kappa shape index (κ3) is 7.26. The van der Waals surface area contributed by atoms with Crippen LogP contribution in [0.3, 0.4) is 0 Å². The molecule has 0 saturated carbocycles. The van der Waals surface area contributed by atoms with Crippen LogP contribution in [-0.2, 0) is 16.0 Å². The molecule has 0 spiro atoms. The fourth-order valence-corrected chi connectivity index (χ4v) is 2.76. The molecule has 24 heavy (non-hydrogen) atoms. The van der Waals surface area contributed by atoms with Gasteiger partial charge in [0.05, 0.1) is 18.2 Å². The summed E-state index contributed by atoms with van der Waals surface area (Å²) in [4.78, 5) is 17.1. The number of carbonyl (C=O) groups is 1. The second-order valence-corrected chi connectivity index (χ2v) is 6.25. The number of hydrogen-bond donors (Lipinski definition) is 0. The number of ether oxygens (including phenoxy) is 1. The van der Waals surface area contributed by atoms with Gasteiger partial charge in [-0.25, -0.2) is 0 Å². The van der Waals surface area contributed by atoms with Crippen molar-refractivity contribution in [1.29, 1.82) is 0 Å². The predicted octanol–water partition coefficient (Wildman–Crippen LogP) is 4.35. The molecule has 0 fully saturated rings. The molecule has 1 heterocycles. The van der Waals surface area contributed by atoms with Crippen LogP contribution in [0.2, 0.25) is 0 Å². The Morgan fingerprint density at radius 1 is 1.42 bits per heavy atom. The van der Waals surface area contributed by atoms with Crippen molar-refractivity contribution in [3.63, 3.8) is 0 Å². The Morgan fingerprint density at radius 2 is 2.17 bits per heavy atom. The number of aryl methyl sites for hydroxylation is 1. The van der Waals surface area contributed by atoms with Crippen molar-refractivity contribution in [3.05, 3.63) is 45.8 Å². The molecule has 1 unspecified atom stereocenters. The fraction of sp³-hybridized carbons (Fsp3) is 0.444. The molecule has 0 radical (unpaired) electrons. The van der Waals surface area contributed by atoms with Crippen LogP contribution in [0.15, 0.2) is 33.7 Å². The van der Waals surface area contributed by atoms with Gasteiger partial charge in [0, 0.05) is 46.9 Å². The van der Waals surface area contributed by atoms with Crippen LogP contribution in [0.5, 0.6) is 0 Å². The van der Waals surface area contributed by atoms with Gasteiger partial charge in [-0.3, -0.25) is 21.1 Å². The van der Waals surface area contributed by atoms with Gasteiger partial charge in [0.1, 0.15) is 4.87 Å². The van der Waals surface area contributed by atoms with Gasteiger partial charge in [-0.2, -0.15) is 0 Å². The zero-order valence-corrected chi connectivity index (χ0v) is 16.6. The van der Waals surface area contributed by atoms with Gasteiger partial charge < -0.3 is 9.15 Å². The summed E-state index contributed by atoms with van der Waals surface area (Å²) in [6.45, 7) is 5.89. The normalized spacial score (nSPS) is 12.5. The molecule has 0 N–H and O–H groups in total. The molecule has 0 aliphatic carbocycles. The molecule has 0 aliphatic heterocycles. The number of para-hydroxylation sites is 1. The molecule has 138 valence electrons. The monoisotopic (exact) mass is 506 g/mol. The zero-order valence-electron chi connectivity index (χ0n) is 14.1. The average Bonchev–Trinajstić information content (AvgIpc) is 2.92. The van der Waals surface area contributed by atoms with Crippen molar-refractivity contribution >= 4 is 23.0 Å². The molecular formula is C18H22NO3SYb-. The van der Waals surface area contributed by atoms with E-state index in [1.807, 2.05) is 38.1 Å². The second-order valence-electron chi connectivity index (χ2n) is 5.49. The molecule has 2 rings (SSSR count). The Balaban J connectivity index is 0.00000288. The Bertz CT molecular complexity index is 708. The van der Waals surface area contributed by atoms with Crippen LogP contribution in [0, 0.1) is 59.2 Å². The molecule has 6 heteroatoms. The standard InChI is InChI=1S/C18H22NO3S.Yb/c1-4-5-8-13(2)21-17(20)11-15-9-6-7-10-16(15)19-18-22-14(3)12-23-18;/h6-7,9-10,13H,4-5,8,11H2,1-3H3;/q-1;. The Morgan fingerprint density at radius 3 is 2.83 bits per heavy atom. The van der Waals surface area contributed by atoms with E-state index in [1.54, 1.807) is 0 Å². The summed E-state index contributed by atoms with van der Waals surface area (Å²) in [6.07, 6.45) is 3.23. The number of nitrogens with zero attached hydrogens (tertiary/aromatic N) is 1. The molecule has 0 saturated heterocycles. The van der Waals surface area contributed by atoms with E-state index in [2.05, 4.69) is 17.3 Å². The van der Waals surface area contributed by atoms with Crippen LogP contribution >= 0.6 is 11.3 Å². The van der Waals surface area contributed by atoms with E-state index in [9.17, 15) is 4.79 Å². The van der Waals surface area contributed by atoms with E-state index in [-0.39, 0.29) is 65.4 Å². The Hall–Kier alpha value is -0.361. The quantitative estimate of drug-likeness (QED) is 0.416. The summed E-state index contributed by atoms with van der Waals surface area (Å²) in [5.41, 5.74) is 1.56. The van der Waals surface area contributed by atoms with Crippen LogP contribution in [0.4, 0.5) is 5.69 Å². The number of unbranched alkanes of at least 4 members (excludes halogenated alkanes) is 1. The number of carbonyl (C=O) groups excluding carboxylic acids is 1. The number of rotatable bonds is 7. The van der Waals surface area contributed by atoms with Gasteiger partial charge in [0.15, 0.2) is 0 Å². The van der Waals surface area contributed by atoms with Crippen LogP contribution in [0.25, 0.3) is 0 Å². The minimum atomic E-state index is -0.220. The number of hydrogen-bond acceptors (Lipinski definition) is 5. The first-order valence-electron chi connectivity index (χ1n) is 7.88. The van der Waals surface area contributed by atoms with E-state index in [0.717, 1.165) is 30.5 Å². The minimum absolute atomic E-state index is 0. The summed E-state index contributed by atoms with van der Waals surface area (Å²) in [6, 6.07) is 7.54. The van der Waals surface area contributed by atoms with Crippen molar-refractivity contribution in [2.45, 2.75) is 52.6 Å². The van der Waals surface area contributed by atoms with Gasteiger partial charge in [-0.1, -0.05) is 38.0 Å². The maximum Gasteiger partial charge on any atom is 0.310 e. The van der Waals surface area contributed by atoms with Gasteiger partial charge in [-0.15, -0.1) is 5.38 Å². The molecule has 4 nitrogen and oxygen atoms in total. The average molecular weight is 505 g/mol. The first-order chi connectivity index (χ1) is 11.1. The van der Waals surface area contributed by atoms with Crippen molar-refractivity contribution in [2.75, 3.05) is 0 Å². The molecule has 1 aromatic heterocycles. The van der Waals surface area contributed by atoms with Gasteiger partial charge in [0.25, 0.3) is 0 Å². The van der Waals surface area contributed by atoms with E-state index in [1.165, 1.54) is 11.3 Å². The van der Waals surface area contributed by atoms with Crippen molar-refractivity contribution < 1.29 is 60.9 Å². The van der Waals surface area contributed by atoms with Crippen molar-refractivity contribution in [2.24, 2.45) is 4.99 Å². The molecular weight excluding hydrogens is 483 g/mol. The first kappa shape index (κ1) is 21.7. The van der Waals surface area contributed by atoms with E-state index in [0.29, 0.717) is 10.6 Å². The largest absolute Gasteiger partial charge is 0.539 e. The maximum atomic E-state index is 12.1. The zero-order chi connectivity index (χ0) is 16.7. The van der Waals surface area contributed by atoms with E-state index < -0.39 is 0 Å². The molecule has 0 bridgehead atoms. The van der Waals surface area contributed by atoms with Crippen molar-refractivity contribution in [3.8, 4) is 0 Å². The molecule has 1 aromatic carbocycles. The third-order valence-electron chi connectivity index (χ3n) is 3.36. The van der Waals surface area contributed by atoms with Crippen LogP contribution in [0.1, 0.15) is 44.4 Å². The summed E-state index contributed by atoms with van der Waals surface area (Å²) in [5.74, 6) is 0.484. The van der Waals surface area contributed by atoms with Crippen LogP contribution < -0.4 is 4.87 Å². The SMILES string of the molecule is CCCCC(C)OC(=O)Cc1ccccc1N=c1oc(C)[c-]s1.[Yb]. The predicted molar refractivity (Wildman–Crippen MR) is 90.6 cm³/mol. The summed E-state index contributed by atoms with van der Waals surface area (Å²) in [5, 5.41) is 2.98. The smallest absolute Gasteiger partial charge is 0.310 e. The van der Waals surface area contributed by atoms with Gasteiger partial charge in [0.2, 0.25) is 0 Å². The van der Waals surface area contributed by atoms with E-state index in [4.69, 9.17) is 9.15 Å². The summed E-state index contributed by atoms with van der Waals surface area (Å²) in [7, 11) is 0. The molecule has 0 aliphatic rings. The summed E-state index contributed by atoms with van der Waals surface area (Å²) < 4.78 is 10.9. The van der Waals surface area contributed by atoms with Crippen LogP contribution in [-0.4, -0.2) is 12.1 Å². The summed E-state index contributed by atoms with van der Waals surface area (Å²) >= 11 is 1.32. The number of esters is 1. The minimum Gasteiger partial charge on any atom is -0.539 e. The first-order valence-corrected chi connectivity index (χ1v) is 8.70. The topological polar surface area (TPSA) is 51.8 Å². The third-order valence-corrected chi connectivity index (χ3v) is 4.10. The molecule has 0 amide bonds. The maximum absolute atomic E-state index is 12.1. The van der Waals surface area contributed by atoms with Crippen molar-refractivity contribution in [1.82, 2.24) is 0 Å².